The Morgan fingerprint density at radius 3 is 2.30 bits per heavy atom. The van der Waals surface area contributed by atoms with Crippen molar-refractivity contribution < 1.29 is 29.3 Å². The molecule has 4 N–H and O–H groups in total. The molecular formula is C28H33N3O6. The monoisotopic (exact) mass is 507 g/mol. The fraction of sp³-hybridized carbons (Fsp3) is 0.321. The number of amides is 3. The Morgan fingerprint density at radius 2 is 1.68 bits per heavy atom. The van der Waals surface area contributed by atoms with E-state index in [0.29, 0.717) is 11.3 Å². The number of benzene rings is 3. The van der Waals surface area contributed by atoms with E-state index in [-0.39, 0.29) is 12.3 Å². The zero-order valence-electron chi connectivity index (χ0n) is 21.4. The first-order chi connectivity index (χ1) is 17.5. The van der Waals surface area contributed by atoms with Crippen LogP contribution < -0.4 is 10.6 Å². The van der Waals surface area contributed by atoms with Crippen LogP contribution in [0, 0.1) is 0 Å². The Labute approximate surface area is 216 Å². The highest BCUT2D eigenvalue weighted by molar-refractivity contribution is 6.00. The smallest absolute Gasteiger partial charge is 0.408 e. The van der Waals surface area contributed by atoms with Crippen molar-refractivity contribution >= 4 is 34.4 Å². The second kappa shape index (κ2) is 11.7. The highest BCUT2D eigenvalue weighted by Gasteiger charge is 2.35. The zero-order chi connectivity index (χ0) is 27.2. The van der Waals surface area contributed by atoms with E-state index >= 15 is 0 Å². The van der Waals surface area contributed by atoms with Gasteiger partial charge in [-0.1, -0.05) is 42.5 Å². The number of phenols is 1. The average Bonchev–Trinajstić information content (AvgIpc) is 2.84. The number of nitrogens with zero attached hydrogens (tertiary/aromatic N) is 1. The summed E-state index contributed by atoms with van der Waals surface area (Å²) in [5, 5.41) is 27.2. The van der Waals surface area contributed by atoms with Gasteiger partial charge < -0.3 is 30.5 Å². The number of rotatable bonds is 8. The predicted molar refractivity (Wildman–Crippen MR) is 141 cm³/mol. The SMILES string of the molecule is CCN(C(=O)C(CO)NC(=O)OC(C)(C)C)C(C(=O)Nc1ccc2ccccc2c1)c1cccc(O)c1. The molecule has 0 aliphatic rings. The third-order valence-electron chi connectivity index (χ3n) is 5.56. The van der Waals surface area contributed by atoms with Crippen molar-refractivity contribution in [3.05, 3.63) is 72.3 Å². The molecule has 0 aliphatic heterocycles. The molecule has 0 aromatic heterocycles. The molecule has 2 atom stereocenters. The number of alkyl carbamates (subject to hydrolysis) is 1. The van der Waals surface area contributed by atoms with E-state index in [2.05, 4.69) is 10.6 Å². The number of fused-ring (bicyclic) bond motifs is 1. The number of aromatic hydroxyl groups is 1. The van der Waals surface area contributed by atoms with Crippen molar-refractivity contribution in [2.24, 2.45) is 0 Å². The van der Waals surface area contributed by atoms with Crippen molar-refractivity contribution in [1.82, 2.24) is 10.2 Å². The summed E-state index contributed by atoms with van der Waals surface area (Å²) in [5.41, 5.74) is 0.0897. The highest BCUT2D eigenvalue weighted by atomic mass is 16.6. The van der Waals surface area contributed by atoms with Crippen LogP contribution in [-0.4, -0.2) is 57.8 Å². The van der Waals surface area contributed by atoms with Gasteiger partial charge in [0.2, 0.25) is 5.91 Å². The van der Waals surface area contributed by atoms with Gasteiger partial charge in [-0.3, -0.25) is 9.59 Å². The van der Waals surface area contributed by atoms with Crippen LogP contribution in [0.3, 0.4) is 0 Å². The van der Waals surface area contributed by atoms with Crippen LogP contribution in [0.25, 0.3) is 10.8 Å². The quantitative estimate of drug-likeness (QED) is 0.365. The van der Waals surface area contributed by atoms with Gasteiger partial charge in [0.1, 0.15) is 23.4 Å². The summed E-state index contributed by atoms with van der Waals surface area (Å²) in [7, 11) is 0. The first-order valence-electron chi connectivity index (χ1n) is 12.0. The second-order valence-electron chi connectivity index (χ2n) is 9.55. The van der Waals surface area contributed by atoms with E-state index in [1.54, 1.807) is 45.9 Å². The number of carbonyl (C=O) groups is 3. The molecule has 9 heteroatoms. The van der Waals surface area contributed by atoms with E-state index in [4.69, 9.17) is 4.74 Å². The number of aliphatic hydroxyl groups excluding tert-OH is 1. The van der Waals surface area contributed by atoms with Gasteiger partial charge in [-0.25, -0.2) is 4.79 Å². The fourth-order valence-electron chi connectivity index (χ4n) is 3.95. The third kappa shape index (κ3) is 7.20. The van der Waals surface area contributed by atoms with Gasteiger partial charge in [-0.2, -0.15) is 0 Å². The molecule has 37 heavy (non-hydrogen) atoms. The predicted octanol–water partition coefficient (Wildman–Crippen LogP) is 3.96. The van der Waals surface area contributed by atoms with E-state index < -0.39 is 42.2 Å². The van der Waals surface area contributed by atoms with Crippen molar-refractivity contribution in [3.63, 3.8) is 0 Å². The van der Waals surface area contributed by atoms with Crippen LogP contribution in [0.5, 0.6) is 5.75 Å². The maximum Gasteiger partial charge on any atom is 0.408 e. The molecule has 0 saturated carbocycles. The van der Waals surface area contributed by atoms with Crippen LogP contribution in [0.15, 0.2) is 66.7 Å². The molecule has 0 saturated heterocycles. The second-order valence-corrected chi connectivity index (χ2v) is 9.55. The molecule has 0 aliphatic carbocycles. The molecule has 2 unspecified atom stereocenters. The van der Waals surface area contributed by atoms with Gasteiger partial charge in [0.25, 0.3) is 5.91 Å². The van der Waals surface area contributed by atoms with E-state index in [1.165, 1.54) is 17.0 Å². The Morgan fingerprint density at radius 1 is 0.973 bits per heavy atom. The van der Waals surface area contributed by atoms with E-state index in [0.717, 1.165) is 10.8 Å². The Kier molecular flexibility index (Phi) is 8.73. The van der Waals surface area contributed by atoms with Crippen LogP contribution in [0.4, 0.5) is 10.5 Å². The number of phenolic OH excluding ortho intramolecular Hbond substituents is 1. The van der Waals surface area contributed by atoms with Crippen LogP contribution in [0.1, 0.15) is 39.3 Å². The van der Waals surface area contributed by atoms with Gasteiger partial charge in [0, 0.05) is 12.2 Å². The van der Waals surface area contributed by atoms with Crippen molar-refractivity contribution in [2.45, 2.75) is 45.4 Å². The lowest BCUT2D eigenvalue weighted by Crippen LogP contribution is -2.53. The topological polar surface area (TPSA) is 128 Å². The molecule has 0 radical (unpaired) electrons. The summed E-state index contributed by atoms with van der Waals surface area (Å²) in [6.07, 6.45) is -0.870. The Balaban J connectivity index is 1.92. The summed E-state index contributed by atoms with van der Waals surface area (Å²) in [6, 6.07) is 16.7. The number of carbonyl (C=O) groups excluding carboxylic acids is 3. The molecule has 3 rings (SSSR count). The number of hydrogen-bond acceptors (Lipinski definition) is 6. The molecule has 9 nitrogen and oxygen atoms in total. The van der Waals surface area contributed by atoms with Crippen molar-refractivity contribution in [1.29, 1.82) is 0 Å². The summed E-state index contributed by atoms with van der Waals surface area (Å²) >= 11 is 0. The number of nitrogens with one attached hydrogen (secondary N) is 2. The minimum absolute atomic E-state index is 0.0740. The third-order valence-corrected chi connectivity index (χ3v) is 5.56. The maximum atomic E-state index is 13.6. The lowest BCUT2D eigenvalue weighted by atomic mass is 10.0. The number of likely N-dealkylation sites (N-methyl/N-ethyl adjacent to an activating group) is 1. The van der Waals surface area contributed by atoms with Crippen LogP contribution >= 0.6 is 0 Å². The first-order valence-corrected chi connectivity index (χ1v) is 12.0. The summed E-state index contributed by atoms with van der Waals surface area (Å²) < 4.78 is 5.21. The number of hydrogen-bond donors (Lipinski definition) is 4. The van der Waals surface area contributed by atoms with Gasteiger partial charge in [-0.05, 0) is 68.3 Å². The molecule has 0 spiro atoms. The van der Waals surface area contributed by atoms with Crippen LogP contribution in [0.2, 0.25) is 0 Å². The minimum atomic E-state index is -1.34. The van der Waals surface area contributed by atoms with Gasteiger partial charge >= 0.3 is 6.09 Å². The largest absolute Gasteiger partial charge is 0.508 e. The number of ether oxygens (including phenoxy) is 1. The summed E-state index contributed by atoms with van der Waals surface area (Å²) in [5.74, 6) is -1.28. The normalized spacial score (nSPS) is 12.9. The van der Waals surface area contributed by atoms with Gasteiger partial charge in [0.05, 0.1) is 6.61 Å². The van der Waals surface area contributed by atoms with Crippen molar-refractivity contribution in [3.8, 4) is 5.75 Å². The summed E-state index contributed by atoms with van der Waals surface area (Å²) in [6.45, 7) is 6.09. The number of aliphatic hydroxyl groups is 1. The molecule has 0 bridgehead atoms. The minimum Gasteiger partial charge on any atom is -0.508 e. The van der Waals surface area contributed by atoms with Crippen LogP contribution in [-0.2, 0) is 14.3 Å². The molecule has 3 aromatic rings. The fourth-order valence-corrected chi connectivity index (χ4v) is 3.95. The zero-order valence-corrected chi connectivity index (χ0v) is 21.4. The molecule has 0 heterocycles. The number of anilines is 1. The van der Waals surface area contributed by atoms with Gasteiger partial charge in [0.15, 0.2) is 0 Å². The lowest BCUT2D eigenvalue weighted by Gasteiger charge is -2.33. The first kappa shape index (κ1) is 27.5. The average molecular weight is 508 g/mol. The van der Waals surface area contributed by atoms with Gasteiger partial charge in [-0.15, -0.1) is 0 Å². The molecule has 196 valence electrons. The molecule has 0 fully saturated rings. The highest BCUT2D eigenvalue weighted by Crippen LogP contribution is 2.27. The van der Waals surface area contributed by atoms with Crippen molar-refractivity contribution in [2.75, 3.05) is 18.5 Å². The van der Waals surface area contributed by atoms with E-state index in [9.17, 15) is 24.6 Å². The molecule has 3 aromatic carbocycles. The Hall–Kier alpha value is -4.11. The maximum absolute atomic E-state index is 13.6. The van der Waals surface area contributed by atoms with E-state index in [1.807, 2.05) is 36.4 Å². The lowest BCUT2D eigenvalue weighted by molar-refractivity contribution is -0.141. The molecule has 3 amide bonds. The Bertz CT molecular complexity index is 1270. The molecular weight excluding hydrogens is 474 g/mol. The summed E-state index contributed by atoms with van der Waals surface area (Å²) in [4.78, 5) is 40.6. The standard InChI is InChI=1S/C28H33N3O6/c1-5-31(26(35)23(17-32)30-27(36)37-28(2,3)4)24(20-11-8-12-22(33)16-20)25(34)29-21-14-13-18-9-6-7-10-19(18)15-21/h6-16,23-24,32-33H,5,17H2,1-4H3,(H,29,34)(H,30,36).